The molecular formula is C11H12ClN3O2. The van der Waals surface area contributed by atoms with Gasteiger partial charge in [0.15, 0.2) is 0 Å². The summed E-state index contributed by atoms with van der Waals surface area (Å²) in [4.78, 5) is 4.17. The molecule has 0 aliphatic rings. The third-order valence-corrected chi connectivity index (χ3v) is 2.49. The van der Waals surface area contributed by atoms with Crippen LogP contribution in [0.4, 0.5) is 0 Å². The summed E-state index contributed by atoms with van der Waals surface area (Å²) in [5.74, 6) is 0.896. The van der Waals surface area contributed by atoms with Gasteiger partial charge in [0.05, 0.1) is 13.2 Å². The van der Waals surface area contributed by atoms with Gasteiger partial charge < -0.3 is 15.0 Å². The van der Waals surface area contributed by atoms with Crippen LogP contribution >= 0.6 is 11.6 Å². The summed E-state index contributed by atoms with van der Waals surface area (Å²) in [5, 5.41) is 4.51. The van der Waals surface area contributed by atoms with Crippen molar-refractivity contribution in [1.82, 2.24) is 10.1 Å². The SMILES string of the molecule is COCc1cc(Cl)ccc1-c1noc(CN)n1. The summed E-state index contributed by atoms with van der Waals surface area (Å²) in [5.41, 5.74) is 7.16. The molecule has 6 heteroatoms. The van der Waals surface area contributed by atoms with E-state index in [1.54, 1.807) is 13.2 Å². The first-order valence-corrected chi connectivity index (χ1v) is 5.42. The van der Waals surface area contributed by atoms with Gasteiger partial charge in [-0.2, -0.15) is 4.98 Å². The molecule has 90 valence electrons. The van der Waals surface area contributed by atoms with Crippen molar-refractivity contribution in [2.45, 2.75) is 13.2 Å². The second-order valence-electron chi connectivity index (χ2n) is 3.45. The summed E-state index contributed by atoms with van der Waals surface area (Å²) >= 11 is 5.93. The molecule has 0 amide bonds. The number of ether oxygens (including phenoxy) is 1. The highest BCUT2D eigenvalue weighted by molar-refractivity contribution is 6.30. The smallest absolute Gasteiger partial charge is 0.240 e. The van der Waals surface area contributed by atoms with Crippen molar-refractivity contribution in [3.05, 3.63) is 34.7 Å². The van der Waals surface area contributed by atoms with Crippen LogP contribution in [0.15, 0.2) is 22.7 Å². The Balaban J connectivity index is 2.42. The van der Waals surface area contributed by atoms with E-state index in [1.165, 1.54) is 0 Å². The van der Waals surface area contributed by atoms with Crippen molar-refractivity contribution in [1.29, 1.82) is 0 Å². The average molecular weight is 254 g/mol. The first-order valence-electron chi connectivity index (χ1n) is 5.05. The Morgan fingerprint density at radius 2 is 2.29 bits per heavy atom. The number of nitrogens with two attached hydrogens (primary N) is 1. The Bertz CT molecular complexity index is 513. The van der Waals surface area contributed by atoms with E-state index in [9.17, 15) is 0 Å². The van der Waals surface area contributed by atoms with Gasteiger partial charge >= 0.3 is 0 Å². The lowest BCUT2D eigenvalue weighted by molar-refractivity contribution is 0.185. The lowest BCUT2D eigenvalue weighted by Gasteiger charge is -2.05. The molecule has 0 unspecified atom stereocenters. The van der Waals surface area contributed by atoms with Gasteiger partial charge in [0, 0.05) is 17.7 Å². The maximum Gasteiger partial charge on any atom is 0.240 e. The van der Waals surface area contributed by atoms with Crippen molar-refractivity contribution in [2.75, 3.05) is 7.11 Å². The van der Waals surface area contributed by atoms with Crippen LogP contribution in [0.2, 0.25) is 5.02 Å². The molecule has 0 spiro atoms. The normalized spacial score (nSPS) is 10.8. The van der Waals surface area contributed by atoms with Crippen LogP contribution in [0.25, 0.3) is 11.4 Å². The number of rotatable bonds is 4. The summed E-state index contributed by atoms with van der Waals surface area (Å²) < 4.78 is 10.1. The lowest BCUT2D eigenvalue weighted by atomic mass is 10.1. The molecule has 1 aromatic carbocycles. The number of aromatic nitrogens is 2. The molecule has 0 aliphatic heterocycles. The molecule has 2 aromatic rings. The minimum atomic E-state index is 0.222. The Hall–Kier alpha value is -1.43. The number of hydrogen-bond donors (Lipinski definition) is 1. The van der Waals surface area contributed by atoms with Crippen LogP contribution in [0, 0.1) is 0 Å². The second-order valence-corrected chi connectivity index (χ2v) is 3.89. The van der Waals surface area contributed by atoms with Gasteiger partial charge in [0.1, 0.15) is 0 Å². The third-order valence-electron chi connectivity index (χ3n) is 2.25. The van der Waals surface area contributed by atoms with Gasteiger partial charge in [0.25, 0.3) is 0 Å². The van der Waals surface area contributed by atoms with Crippen LogP contribution in [-0.2, 0) is 17.9 Å². The number of benzene rings is 1. The van der Waals surface area contributed by atoms with Crippen molar-refractivity contribution in [3.63, 3.8) is 0 Å². The first-order chi connectivity index (χ1) is 8.24. The fourth-order valence-electron chi connectivity index (χ4n) is 1.50. The monoisotopic (exact) mass is 253 g/mol. The van der Waals surface area contributed by atoms with Crippen LogP contribution < -0.4 is 5.73 Å². The van der Waals surface area contributed by atoms with Crippen molar-refractivity contribution >= 4 is 11.6 Å². The Kier molecular flexibility index (Phi) is 3.73. The zero-order valence-electron chi connectivity index (χ0n) is 9.31. The van der Waals surface area contributed by atoms with Crippen LogP contribution in [0.5, 0.6) is 0 Å². The standard InChI is InChI=1S/C11H12ClN3O2/c1-16-6-7-4-8(12)2-3-9(7)11-14-10(5-13)17-15-11/h2-4H,5-6,13H2,1H3. The molecule has 1 heterocycles. The molecule has 0 fully saturated rings. The molecule has 0 atom stereocenters. The predicted octanol–water partition coefficient (Wildman–Crippen LogP) is 2.00. The van der Waals surface area contributed by atoms with Gasteiger partial charge in [-0.05, 0) is 23.8 Å². The van der Waals surface area contributed by atoms with E-state index in [1.807, 2.05) is 12.1 Å². The minimum Gasteiger partial charge on any atom is -0.380 e. The third kappa shape index (κ3) is 2.63. The number of methoxy groups -OCH3 is 1. The van der Waals surface area contributed by atoms with Crippen LogP contribution in [0.3, 0.4) is 0 Å². The molecule has 0 radical (unpaired) electrons. The fourth-order valence-corrected chi connectivity index (χ4v) is 1.70. The van der Waals surface area contributed by atoms with Crippen LogP contribution in [-0.4, -0.2) is 17.3 Å². The summed E-state index contributed by atoms with van der Waals surface area (Å²) in [6.45, 7) is 0.655. The molecule has 0 bridgehead atoms. The van der Waals surface area contributed by atoms with Crippen molar-refractivity contribution in [3.8, 4) is 11.4 Å². The Labute approximate surface area is 104 Å². The van der Waals surface area contributed by atoms with Gasteiger partial charge in [0.2, 0.25) is 11.7 Å². The molecular weight excluding hydrogens is 242 g/mol. The van der Waals surface area contributed by atoms with Gasteiger partial charge in [-0.25, -0.2) is 0 Å². The lowest BCUT2D eigenvalue weighted by Crippen LogP contribution is -1.97. The molecule has 2 N–H and O–H groups in total. The maximum atomic E-state index is 5.93. The van der Waals surface area contributed by atoms with Crippen molar-refractivity contribution in [2.24, 2.45) is 5.73 Å². The zero-order valence-corrected chi connectivity index (χ0v) is 10.1. The van der Waals surface area contributed by atoms with E-state index in [0.29, 0.717) is 23.3 Å². The quantitative estimate of drug-likeness (QED) is 0.902. The summed E-state index contributed by atoms with van der Waals surface area (Å²) in [6, 6.07) is 5.43. The molecule has 0 saturated carbocycles. The second kappa shape index (κ2) is 5.27. The highest BCUT2D eigenvalue weighted by atomic mass is 35.5. The van der Waals surface area contributed by atoms with Crippen molar-refractivity contribution < 1.29 is 9.26 Å². The minimum absolute atomic E-state index is 0.222. The van der Waals surface area contributed by atoms with E-state index in [2.05, 4.69) is 10.1 Å². The molecule has 17 heavy (non-hydrogen) atoms. The van der Waals surface area contributed by atoms with E-state index in [-0.39, 0.29) is 6.54 Å². The highest BCUT2D eigenvalue weighted by Crippen LogP contribution is 2.25. The molecule has 2 rings (SSSR count). The average Bonchev–Trinajstić information content (AvgIpc) is 2.78. The van der Waals surface area contributed by atoms with E-state index in [0.717, 1.165) is 11.1 Å². The van der Waals surface area contributed by atoms with E-state index >= 15 is 0 Å². The van der Waals surface area contributed by atoms with Gasteiger partial charge in [-0.15, -0.1) is 0 Å². The Morgan fingerprint density at radius 1 is 1.47 bits per heavy atom. The van der Waals surface area contributed by atoms with Gasteiger partial charge in [-0.1, -0.05) is 16.8 Å². The van der Waals surface area contributed by atoms with Gasteiger partial charge in [-0.3, -0.25) is 0 Å². The number of halogens is 1. The fraction of sp³-hybridized carbons (Fsp3) is 0.273. The number of nitrogens with zero attached hydrogens (tertiary/aromatic N) is 2. The highest BCUT2D eigenvalue weighted by Gasteiger charge is 2.12. The summed E-state index contributed by atoms with van der Waals surface area (Å²) in [6.07, 6.45) is 0. The number of hydrogen-bond acceptors (Lipinski definition) is 5. The van der Waals surface area contributed by atoms with Crippen LogP contribution in [0.1, 0.15) is 11.5 Å². The predicted molar refractivity (Wildman–Crippen MR) is 63.3 cm³/mol. The zero-order chi connectivity index (χ0) is 12.3. The molecule has 0 aliphatic carbocycles. The molecule has 1 aromatic heterocycles. The summed E-state index contributed by atoms with van der Waals surface area (Å²) in [7, 11) is 1.62. The largest absolute Gasteiger partial charge is 0.380 e. The molecule has 5 nitrogen and oxygen atoms in total. The Morgan fingerprint density at radius 3 is 2.94 bits per heavy atom. The first kappa shape index (κ1) is 12.0. The van der Waals surface area contributed by atoms with E-state index < -0.39 is 0 Å². The maximum absolute atomic E-state index is 5.93. The van der Waals surface area contributed by atoms with E-state index in [4.69, 9.17) is 26.6 Å². The topological polar surface area (TPSA) is 74.2 Å². The molecule has 0 saturated heterocycles.